The molecule has 0 radical (unpaired) electrons. The average molecular weight is 293 g/mol. The van der Waals surface area contributed by atoms with E-state index in [0.717, 1.165) is 13.0 Å². The van der Waals surface area contributed by atoms with E-state index in [0.29, 0.717) is 23.9 Å². The number of hydrogen-bond acceptors (Lipinski definition) is 5. The van der Waals surface area contributed by atoms with E-state index in [1.54, 1.807) is 17.1 Å². The van der Waals surface area contributed by atoms with E-state index < -0.39 is 0 Å². The fraction of sp³-hybridized carbons (Fsp3) is 0.538. The summed E-state index contributed by atoms with van der Waals surface area (Å²) >= 11 is 6.04. The molecule has 2 atom stereocenters. The summed E-state index contributed by atoms with van der Waals surface area (Å²) < 4.78 is 1.59. The molecule has 2 unspecified atom stereocenters. The molecule has 0 N–H and O–H groups in total. The lowest BCUT2D eigenvalue weighted by molar-refractivity contribution is 0.359. The van der Waals surface area contributed by atoms with Gasteiger partial charge in [0.05, 0.1) is 0 Å². The Labute approximate surface area is 122 Å². The van der Waals surface area contributed by atoms with Crippen LogP contribution in [0.25, 0.3) is 5.95 Å². The van der Waals surface area contributed by atoms with Gasteiger partial charge in [0.15, 0.2) is 0 Å². The van der Waals surface area contributed by atoms with E-state index in [1.165, 1.54) is 6.42 Å². The van der Waals surface area contributed by atoms with E-state index in [2.05, 4.69) is 38.8 Å². The van der Waals surface area contributed by atoms with Crippen LogP contribution in [0, 0.1) is 5.92 Å². The summed E-state index contributed by atoms with van der Waals surface area (Å²) in [4.78, 5) is 15.1. The molecule has 0 bridgehead atoms. The summed E-state index contributed by atoms with van der Waals surface area (Å²) in [6, 6.07) is 2.22. The van der Waals surface area contributed by atoms with Crippen LogP contribution in [-0.2, 0) is 0 Å². The molecule has 1 aliphatic rings. The molecule has 2 aromatic heterocycles. The van der Waals surface area contributed by atoms with Crippen LogP contribution in [-0.4, -0.2) is 37.3 Å². The average Bonchev–Trinajstić information content (AvgIpc) is 2.95. The van der Waals surface area contributed by atoms with Gasteiger partial charge in [-0.15, -0.1) is 0 Å². The zero-order valence-electron chi connectivity index (χ0n) is 11.6. The number of piperidine rings is 1. The van der Waals surface area contributed by atoms with Crippen LogP contribution in [0.4, 0.5) is 5.95 Å². The highest BCUT2D eigenvalue weighted by molar-refractivity contribution is 6.28. The van der Waals surface area contributed by atoms with Gasteiger partial charge in [-0.3, -0.25) is 0 Å². The normalized spacial score (nSPS) is 23.1. The van der Waals surface area contributed by atoms with Crippen LogP contribution in [0.1, 0.15) is 26.7 Å². The van der Waals surface area contributed by atoms with Gasteiger partial charge in [-0.2, -0.15) is 20.1 Å². The van der Waals surface area contributed by atoms with Crippen LogP contribution in [0.3, 0.4) is 0 Å². The van der Waals surface area contributed by atoms with Crippen LogP contribution in [0.15, 0.2) is 18.5 Å². The van der Waals surface area contributed by atoms with E-state index in [1.807, 2.05) is 6.07 Å². The van der Waals surface area contributed by atoms with Gasteiger partial charge in [-0.05, 0) is 43.4 Å². The van der Waals surface area contributed by atoms with E-state index >= 15 is 0 Å². The number of rotatable bonds is 2. The zero-order valence-corrected chi connectivity index (χ0v) is 12.3. The third-order valence-corrected chi connectivity index (χ3v) is 4.09. The predicted molar refractivity (Wildman–Crippen MR) is 77.2 cm³/mol. The number of halogens is 1. The standard InChI is InChI=1S/C13H17ClN6/c1-9-5-3-7-19(10(9)2)12-16-11(14)17-13(18-12)20-8-4-6-15-20/h4,6,8-10H,3,5,7H2,1-2H3. The van der Waals surface area contributed by atoms with Crippen LogP contribution in [0.5, 0.6) is 0 Å². The Bertz CT molecular complexity index is 585. The SMILES string of the molecule is CC1CCCN(c2nc(Cl)nc(-n3cccn3)n2)C1C. The van der Waals surface area contributed by atoms with Crippen molar-refractivity contribution >= 4 is 17.5 Å². The molecule has 1 aliphatic heterocycles. The highest BCUT2D eigenvalue weighted by atomic mass is 35.5. The molecule has 2 aromatic rings. The van der Waals surface area contributed by atoms with E-state index in [-0.39, 0.29) is 5.28 Å². The molecule has 0 spiro atoms. The first-order chi connectivity index (χ1) is 9.65. The molecule has 0 amide bonds. The lowest BCUT2D eigenvalue weighted by Gasteiger charge is -2.37. The van der Waals surface area contributed by atoms with Crippen molar-refractivity contribution in [2.75, 3.05) is 11.4 Å². The lowest BCUT2D eigenvalue weighted by Crippen LogP contribution is -2.43. The Kier molecular flexibility index (Phi) is 3.56. The molecule has 20 heavy (non-hydrogen) atoms. The molecule has 7 heteroatoms. The van der Waals surface area contributed by atoms with Crippen molar-refractivity contribution in [1.82, 2.24) is 24.7 Å². The summed E-state index contributed by atoms with van der Waals surface area (Å²) in [5, 5.41) is 4.33. The fourth-order valence-corrected chi connectivity index (χ4v) is 2.72. The second kappa shape index (κ2) is 5.36. The largest absolute Gasteiger partial charge is 0.338 e. The highest BCUT2D eigenvalue weighted by Gasteiger charge is 2.27. The third-order valence-electron chi connectivity index (χ3n) is 3.92. The summed E-state index contributed by atoms with van der Waals surface area (Å²) in [7, 11) is 0. The molecule has 1 saturated heterocycles. The number of aromatic nitrogens is 5. The summed E-state index contributed by atoms with van der Waals surface area (Å²) in [6.07, 6.45) is 5.86. The van der Waals surface area contributed by atoms with Crippen LogP contribution < -0.4 is 4.90 Å². The first-order valence-electron chi connectivity index (χ1n) is 6.83. The van der Waals surface area contributed by atoms with Crippen molar-refractivity contribution in [1.29, 1.82) is 0 Å². The van der Waals surface area contributed by atoms with Crippen molar-refractivity contribution in [2.24, 2.45) is 5.92 Å². The van der Waals surface area contributed by atoms with Gasteiger partial charge >= 0.3 is 0 Å². The zero-order chi connectivity index (χ0) is 14.1. The van der Waals surface area contributed by atoms with Gasteiger partial charge in [-0.25, -0.2) is 4.68 Å². The molecule has 6 nitrogen and oxygen atoms in total. The molecular weight excluding hydrogens is 276 g/mol. The van der Waals surface area contributed by atoms with Crippen molar-refractivity contribution < 1.29 is 0 Å². The van der Waals surface area contributed by atoms with Gasteiger partial charge in [0.2, 0.25) is 11.2 Å². The minimum Gasteiger partial charge on any atom is -0.338 e. The molecule has 0 aliphatic carbocycles. The number of anilines is 1. The maximum absolute atomic E-state index is 6.04. The molecule has 3 heterocycles. The van der Waals surface area contributed by atoms with Crippen LogP contribution >= 0.6 is 11.6 Å². The first kappa shape index (κ1) is 13.3. The molecule has 3 rings (SSSR count). The van der Waals surface area contributed by atoms with E-state index in [9.17, 15) is 0 Å². The smallest absolute Gasteiger partial charge is 0.256 e. The summed E-state index contributed by atoms with van der Waals surface area (Å²) in [5.41, 5.74) is 0. The monoisotopic (exact) mass is 292 g/mol. The second-order valence-electron chi connectivity index (χ2n) is 5.21. The highest BCUT2D eigenvalue weighted by Crippen LogP contribution is 2.26. The second-order valence-corrected chi connectivity index (χ2v) is 5.55. The topological polar surface area (TPSA) is 59.7 Å². The molecule has 1 fully saturated rings. The molecule has 0 aromatic carbocycles. The van der Waals surface area contributed by atoms with Crippen LogP contribution in [0.2, 0.25) is 5.28 Å². The van der Waals surface area contributed by atoms with Crippen molar-refractivity contribution in [3.63, 3.8) is 0 Å². The Morgan fingerprint density at radius 3 is 2.75 bits per heavy atom. The quantitative estimate of drug-likeness (QED) is 0.850. The third kappa shape index (κ3) is 2.47. The Morgan fingerprint density at radius 2 is 2.00 bits per heavy atom. The maximum Gasteiger partial charge on any atom is 0.256 e. The Balaban J connectivity index is 1.97. The number of nitrogens with zero attached hydrogens (tertiary/aromatic N) is 6. The lowest BCUT2D eigenvalue weighted by atomic mass is 9.92. The Morgan fingerprint density at radius 1 is 1.20 bits per heavy atom. The van der Waals surface area contributed by atoms with Crippen molar-refractivity contribution in [2.45, 2.75) is 32.7 Å². The molecule has 106 valence electrons. The minimum absolute atomic E-state index is 0.200. The Hall–Kier alpha value is -1.69. The molecular formula is C13H17ClN6. The number of hydrogen-bond donors (Lipinski definition) is 0. The minimum atomic E-state index is 0.200. The van der Waals surface area contributed by atoms with Gasteiger partial charge in [0.25, 0.3) is 5.95 Å². The fourth-order valence-electron chi connectivity index (χ4n) is 2.57. The van der Waals surface area contributed by atoms with E-state index in [4.69, 9.17) is 11.6 Å². The van der Waals surface area contributed by atoms with Crippen molar-refractivity contribution in [3.05, 3.63) is 23.7 Å². The summed E-state index contributed by atoms with van der Waals surface area (Å²) in [5.74, 6) is 1.71. The van der Waals surface area contributed by atoms with Gasteiger partial charge in [0, 0.05) is 25.0 Å². The first-order valence-corrected chi connectivity index (χ1v) is 7.21. The van der Waals surface area contributed by atoms with Gasteiger partial charge < -0.3 is 4.90 Å². The van der Waals surface area contributed by atoms with Gasteiger partial charge in [-0.1, -0.05) is 6.92 Å². The summed E-state index contributed by atoms with van der Waals surface area (Å²) in [6.45, 7) is 5.41. The maximum atomic E-state index is 6.04. The van der Waals surface area contributed by atoms with Crippen molar-refractivity contribution in [3.8, 4) is 5.95 Å². The predicted octanol–water partition coefficient (Wildman–Crippen LogP) is 2.34. The molecule has 0 saturated carbocycles. The van der Waals surface area contributed by atoms with Gasteiger partial charge in [0.1, 0.15) is 0 Å².